The lowest BCUT2D eigenvalue weighted by Crippen LogP contribution is -2.61. The van der Waals surface area contributed by atoms with Crippen LogP contribution in [-0.4, -0.2) is 47.8 Å². The molecule has 1 N–H and O–H groups in total. The first-order valence-corrected chi connectivity index (χ1v) is 9.42. The zero-order chi connectivity index (χ0) is 15.9. The van der Waals surface area contributed by atoms with E-state index >= 15 is 0 Å². The van der Waals surface area contributed by atoms with Crippen LogP contribution in [0.15, 0.2) is 30.3 Å². The van der Waals surface area contributed by atoms with Gasteiger partial charge < -0.3 is 10.0 Å². The fourth-order valence-electron chi connectivity index (χ4n) is 5.45. The molecule has 2 aliphatic carbocycles. The Morgan fingerprint density at radius 1 is 0.957 bits per heavy atom. The number of benzene rings is 1. The van der Waals surface area contributed by atoms with Gasteiger partial charge in [0.05, 0.1) is 5.60 Å². The summed E-state index contributed by atoms with van der Waals surface area (Å²) in [6, 6.07) is 11.4. The minimum Gasteiger partial charge on any atom is -0.390 e. The van der Waals surface area contributed by atoms with Crippen molar-refractivity contribution in [3.05, 3.63) is 30.3 Å². The van der Waals surface area contributed by atoms with Gasteiger partial charge in [-0.15, -0.1) is 0 Å². The van der Waals surface area contributed by atoms with Crippen molar-refractivity contribution in [1.82, 2.24) is 4.90 Å². The minimum absolute atomic E-state index is 0.433. The molecule has 4 rings (SSSR count). The topological polar surface area (TPSA) is 26.7 Å². The van der Waals surface area contributed by atoms with Crippen LogP contribution >= 0.6 is 0 Å². The van der Waals surface area contributed by atoms with Crippen molar-refractivity contribution in [2.75, 3.05) is 31.1 Å². The van der Waals surface area contributed by atoms with E-state index in [4.69, 9.17) is 0 Å². The molecule has 1 aliphatic heterocycles. The zero-order valence-corrected chi connectivity index (χ0v) is 14.3. The Morgan fingerprint density at radius 3 is 2.43 bits per heavy atom. The molecular weight excluding hydrogens is 284 g/mol. The second-order valence-corrected chi connectivity index (χ2v) is 7.96. The fraction of sp³-hybridized carbons (Fsp3) is 0.700. The van der Waals surface area contributed by atoms with E-state index in [0.29, 0.717) is 17.9 Å². The maximum absolute atomic E-state index is 11.0. The summed E-state index contributed by atoms with van der Waals surface area (Å²) < 4.78 is 0. The molecule has 4 atom stereocenters. The first kappa shape index (κ1) is 15.5. The lowest BCUT2D eigenvalue weighted by atomic mass is 9.60. The van der Waals surface area contributed by atoms with Crippen LogP contribution in [-0.2, 0) is 0 Å². The molecule has 1 aromatic rings. The van der Waals surface area contributed by atoms with Gasteiger partial charge in [-0.25, -0.2) is 0 Å². The molecule has 3 aliphatic rings. The van der Waals surface area contributed by atoms with Crippen LogP contribution in [0.3, 0.4) is 0 Å². The molecule has 2 bridgehead atoms. The van der Waals surface area contributed by atoms with Crippen LogP contribution in [0.4, 0.5) is 5.69 Å². The Labute approximate surface area is 140 Å². The van der Waals surface area contributed by atoms with Crippen molar-refractivity contribution in [3.8, 4) is 0 Å². The molecule has 0 amide bonds. The van der Waals surface area contributed by atoms with E-state index in [1.54, 1.807) is 0 Å². The maximum Gasteiger partial charge on any atom is 0.0690 e. The minimum atomic E-state index is -0.433. The molecule has 23 heavy (non-hydrogen) atoms. The molecular formula is C20H30N2O. The molecule has 2 saturated carbocycles. The van der Waals surface area contributed by atoms with E-state index in [0.717, 1.165) is 26.2 Å². The van der Waals surface area contributed by atoms with Gasteiger partial charge in [0.1, 0.15) is 0 Å². The number of hydrogen-bond donors (Lipinski definition) is 1. The Hall–Kier alpha value is -1.06. The van der Waals surface area contributed by atoms with Gasteiger partial charge in [0.15, 0.2) is 0 Å². The molecule has 3 fully saturated rings. The van der Waals surface area contributed by atoms with E-state index in [1.807, 2.05) is 0 Å². The van der Waals surface area contributed by atoms with Crippen molar-refractivity contribution in [1.29, 1.82) is 0 Å². The third-order valence-corrected chi connectivity index (χ3v) is 6.82. The third-order valence-electron chi connectivity index (χ3n) is 6.82. The summed E-state index contributed by atoms with van der Waals surface area (Å²) in [7, 11) is 0. The number of fused-ring (bicyclic) bond motifs is 2. The second kappa shape index (κ2) is 6.10. The lowest BCUT2D eigenvalue weighted by Gasteiger charge is -2.55. The monoisotopic (exact) mass is 314 g/mol. The number of hydrogen-bond acceptors (Lipinski definition) is 3. The van der Waals surface area contributed by atoms with Gasteiger partial charge in [0.25, 0.3) is 0 Å². The van der Waals surface area contributed by atoms with Crippen molar-refractivity contribution < 1.29 is 5.11 Å². The Morgan fingerprint density at radius 2 is 1.70 bits per heavy atom. The number of para-hydroxylation sites is 1. The smallest absolute Gasteiger partial charge is 0.0690 e. The van der Waals surface area contributed by atoms with Gasteiger partial charge in [-0.05, 0) is 50.7 Å². The summed E-state index contributed by atoms with van der Waals surface area (Å²) in [5.41, 5.74) is 0.915. The molecule has 4 unspecified atom stereocenters. The fourth-order valence-corrected chi connectivity index (χ4v) is 5.45. The number of rotatable bonds is 2. The number of anilines is 1. The molecule has 0 spiro atoms. The van der Waals surface area contributed by atoms with Crippen LogP contribution < -0.4 is 4.90 Å². The highest BCUT2D eigenvalue weighted by Gasteiger charge is 2.50. The number of piperazine rings is 1. The first-order valence-electron chi connectivity index (χ1n) is 9.42. The molecule has 1 saturated heterocycles. The first-order chi connectivity index (χ1) is 11.2. The second-order valence-electron chi connectivity index (χ2n) is 7.96. The summed E-state index contributed by atoms with van der Waals surface area (Å²) in [4.78, 5) is 5.18. The van der Waals surface area contributed by atoms with Gasteiger partial charge in [0.2, 0.25) is 0 Å². The molecule has 1 heterocycles. The summed E-state index contributed by atoms with van der Waals surface area (Å²) in [5.74, 6) is 1.03. The van der Waals surface area contributed by atoms with E-state index in [9.17, 15) is 5.11 Å². The summed E-state index contributed by atoms with van der Waals surface area (Å²) in [5, 5.41) is 11.0. The van der Waals surface area contributed by atoms with E-state index in [-0.39, 0.29) is 0 Å². The number of nitrogens with zero attached hydrogens (tertiary/aromatic N) is 2. The Bertz CT molecular complexity index is 522. The van der Waals surface area contributed by atoms with Gasteiger partial charge >= 0.3 is 0 Å². The normalized spacial score (nSPS) is 38.5. The van der Waals surface area contributed by atoms with Gasteiger partial charge in [-0.1, -0.05) is 24.6 Å². The predicted octanol–water partition coefficient (Wildman–Crippen LogP) is 3.14. The van der Waals surface area contributed by atoms with Crippen molar-refractivity contribution in [2.24, 2.45) is 11.8 Å². The lowest BCUT2D eigenvalue weighted by molar-refractivity contribution is -0.137. The van der Waals surface area contributed by atoms with E-state index < -0.39 is 5.60 Å². The van der Waals surface area contributed by atoms with Crippen LogP contribution in [0.5, 0.6) is 0 Å². The van der Waals surface area contributed by atoms with Crippen LogP contribution in [0.25, 0.3) is 0 Å². The average Bonchev–Trinajstić information content (AvgIpc) is 2.55. The van der Waals surface area contributed by atoms with Gasteiger partial charge in [-0.2, -0.15) is 0 Å². The number of aliphatic hydroxyl groups is 1. The maximum atomic E-state index is 11.0. The predicted molar refractivity (Wildman–Crippen MR) is 94.7 cm³/mol. The van der Waals surface area contributed by atoms with Gasteiger partial charge in [0, 0.05) is 43.8 Å². The van der Waals surface area contributed by atoms with Crippen LogP contribution in [0.1, 0.15) is 39.0 Å². The molecule has 0 radical (unpaired) electrons. The van der Waals surface area contributed by atoms with E-state index in [2.05, 4.69) is 47.1 Å². The highest BCUT2D eigenvalue weighted by molar-refractivity contribution is 5.46. The molecule has 126 valence electrons. The standard InChI is InChI=1S/C20H30N2O/c1-20(23)16-6-5-9-18(20)19(11-10-16)22-14-12-21(13-15-22)17-7-3-2-4-8-17/h2-4,7-8,16,18-19,23H,5-6,9-15H2,1H3. The van der Waals surface area contributed by atoms with Crippen molar-refractivity contribution in [2.45, 2.75) is 50.7 Å². The highest BCUT2D eigenvalue weighted by Crippen LogP contribution is 2.48. The molecule has 1 aromatic carbocycles. The average molecular weight is 314 g/mol. The third kappa shape index (κ3) is 2.78. The van der Waals surface area contributed by atoms with Crippen molar-refractivity contribution >= 4 is 5.69 Å². The Kier molecular flexibility index (Phi) is 4.10. The molecule has 3 nitrogen and oxygen atoms in total. The summed E-state index contributed by atoms with van der Waals surface area (Å²) >= 11 is 0. The van der Waals surface area contributed by atoms with Gasteiger partial charge in [-0.3, -0.25) is 4.90 Å². The van der Waals surface area contributed by atoms with Crippen LogP contribution in [0, 0.1) is 11.8 Å². The zero-order valence-electron chi connectivity index (χ0n) is 14.3. The highest BCUT2D eigenvalue weighted by atomic mass is 16.3. The van der Waals surface area contributed by atoms with Crippen LogP contribution in [0.2, 0.25) is 0 Å². The van der Waals surface area contributed by atoms with E-state index in [1.165, 1.54) is 37.8 Å². The SMILES string of the molecule is CC1(O)C2CCCC1C(N1CCN(c3ccccc3)CC1)CC2. The Balaban J connectivity index is 1.42. The largest absolute Gasteiger partial charge is 0.390 e. The quantitative estimate of drug-likeness (QED) is 0.908. The molecule has 0 aromatic heterocycles. The molecule has 3 heteroatoms. The summed E-state index contributed by atoms with van der Waals surface area (Å²) in [6.07, 6.45) is 6.26. The van der Waals surface area contributed by atoms with Crippen molar-refractivity contribution in [3.63, 3.8) is 0 Å². The summed E-state index contributed by atoms with van der Waals surface area (Å²) in [6.45, 7) is 6.61.